The van der Waals surface area contributed by atoms with Gasteiger partial charge in [0, 0.05) is 16.4 Å². The second-order valence-electron chi connectivity index (χ2n) is 3.30. The summed E-state index contributed by atoms with van der Waals surface area (Å²) in [6.45, 7) is 0. The number of nitrogens with zero attached hydrogens (tertiary/aromatic N) is 1. The van der Waals surface area contributed by atoms with E-state index in [9.17, 15) is 4.79 Å². The van der Waals surface area contributed by atoms with Crippen LogP contribution in [0.5, 0.6) is 0 Å². The van der Waals surface area contributed by atoms with E-state index in [2.05, 4.69) is 4.99 Å². The fraction of sp³-hybridized carbons (Fsp3) is 0. The molecule has 0 radical (unpaired) electrons. The molecule has 0 spiro atoms. The van der Waals surface area contributed by atoms with E-state index in [1.165, 1.54) is 0 Å². The minimum Gasteiger partial charge on any atom is -0.298 e. The molecule has 1 heterocycles. The van der Waals surface area contributed by atoms with E-state index in [-0.39, 0.29) is 0 Å². The lowest BCUT2D eigenvalue weighted by Gasteiger charge is -1.94. The van der Waals surface area contributed by atoms with Crippen molar-refractivity contribution in [2.45, 2.75) is 0 Å². The number of hydrogen-bond acceptors (Lipinski definition) is 2. The summed E-state index contributed by atoms with van der Waals surface area (Å²) in [4.78, 5) is 15.2. The summed E-state index contributed by atoms with van der Waals surface area (Å²) in [5.74, 6) is 0. The Balaban J connectivity index is 2.47. The first-order chi connectivity index (χ1) is 6.90. The maximum atomic E-state index is 10.8. The molecule has 1 aromatic rings. The van der Waals surface area contributed by atoms with Gasteiger partial charge in [-0.15, -0.1) is 0 Å². The van der Waals surface area contributed by atoms with Crippen molar-refractivity contribution < 1.29 is 4.79 Å². The fourth-order valence-electron chi connectivity index (χ4n) is 1.88. The molecule has 66 valence electrons. The first-order valence-electron chi connectivity index (χ1n) is 4.46. The molecule has 3 rings (SSSR count). The molecule has 0 saturated heterocycles. The normalized spacial score (nSPS) is 16.7. The van der Waals surface area contributed by atoms with Gasteiger partial charge in [-0.05, 0) is 18.2 Å². The van der Waals surface area contributed by atoms with Crippen LogP contribution < -0.4 is 10.6 Å². The molecule has 0 N–H and O–H groups in total. The highest BCUT2D eigenvalue weighted by atomic mass is 16.1. The number of carbonyl (C=O) groups is 1. The maximum Gasteiger partial charge on any atom is 0.150 e. The Morgan fingerprint density at radius 1 is 1.14 bits per heavy atom. The van der Waals surface area contributed by atoms with E-state index in [1.807, 2.05) is 36.4 Å². The number of carbonyl (C=O) groups excluding carboxylic acids is 1. The summed E-state index contributed by atoms with van der Waals surface area (Å²) in [7, 11) is 0. The van der Waals surface area contributed by atoms with E-state index >= 15 is 0 Å². The molecule has 2 heteroatoms. The van der Waals surface area contributed by atoms with E-state index < -0.39 is 0 Å². The van der Waals surface area contributed by atoms with E-state index in [0.717, 1.165) is 33.7 Å². The van der Waals surface area contributed by atoms with Gasteiger partial charge >= 0.3 is 0 Å². The van der Waals surface area contributed by atoms with Gasteiger partial charge in [-0.25, -0.2) is 4.99 Å². The summed E-state index contributed by atoms with van der Waals surface area (Å²) in [5, 5.41) is 2.02. The summed E-state index contributed by atoms with van der Waals surface area (Å²) in [6, 6.07) is 7.88. The molecule has 1 aromatic carbocycles. The molecule has 0 unspecified atom stereocenters. The van der Waals surface area contributed by atoms with Crippen LogP contribution in [0.3, 0.4) is 0 Å². The van der Waals surface area contributed by atoms with Crippen molar-refractivity contribution >= 4 is 11.9 Å². The van der Waals surface area contributed by atoms with Crippen LogP contribution in [0.4, 0.5) is 0 Å². The van der Waals surface area contributed by atoms with Crippen LogP contribution in [0.1, 0.15) is 0 Å². The first kappa shape index (κ1) is 7.44. The smallest absolute Gasteiger partial charge is 0.150 e. The molecular weight excluding hydrogens is 174 g/mol. The molecule has 2 nitrogen and oxygen atoms in total. The number of allylic oxidation sites excluding steroid dienone is 3. The van der Waals surface area contributed by atoms with Gasteiger partial charge in [-0.3, -0.25) is 4.79 Å². The third-order valence-corrected chi connectivity index (χ3v) is 2.51. The van der Waals surface area contributed by atoms with Gasteiger partial charge in [0.25, 0.3) is 0 Å². The summed E-state index contributed by atoms with van der Waals surface area (Å²) >= 11 is 0. The third kappa shape index (κ3) is 0.799. The molecule has 0 atom stereocenters. The standard InChI is InChI=1S/C12H7NO/c14-7-8-5-6-11-12(8)9-3-1-2-4-10(9)13-11/h1-7H. The van der Waals surface area contributed by atoms with Crippen molar-refractivity contribution in [2.24, 2.45) is 4.99 Å². The van der Waals surface area contributed by atoms with Gasteiger partial charge in [-0.2, -0.15) is 0 Å². The minimum absolute atomic E-state index is 0.730. The molecule has 2 aliphatic rings. The number of para-hydroxylation sites is 1. The van der Waals surface area contributed by atoms with Gasteiger partial charge in [0.2, 0.25) is 0 Å². The molecular formula is C12H7NO. The van der Waals surface area contributed by atoms with Gasteiger partial charge in [0.15, 0.2) is 6.29 Å². The second kappa shape index (κ2) is 2.51. The number of aldehydes is 1. The van der Waals surface area contributed by atoms with Crippen LogP contribution in [-0.4, -0.2) is 6.29 Å². The topological polar surface area (TPSA) is 29.4 Å². The monoisotopic (exact) mass is 181 g/mol. The lowest BCUT2D eigenvalue weighted by molar-refractivity contribution is -0.104. The zero-order valence-electron chi connectivity index (χ0n) is 7.40. The Labute approximate surface area is 80.6 Å². The Bertz CT molecular complexity index is 605. The van der Waals surface area contributed by atoms with Crippen LogP contribution in [0.25, 0.3) is 5.57 Å². The zero-order valence-corrected chi connectivity index (χ0v) is 7.40. The molecule has 1 aliphatic heterocycles. The molecule has 0 fully saturated rings. The lowest BCUT2D eigenvalue weighted by Crippen LogP contribution is -2.22. The van der Waals surface area contributed by atoms with Crippen LogP contribution in [0, 0.1) is 0 Å². The quantitative estimate of drug-likeness (QED) is 0.580. The lowest BCUT2D eigenvalue weighted by atomic mass is 10.1. The molecule has 14 heavy (non-hydrogen) atoms. The SMILES string of the molecule is O=CC1=CC=C2N=c3ccccc3=C12. The van der Waals surface area contributed by atoms with Crippen molar-refractivity contribution in [2.75, 3.05) is 0 Å². The molecule has 0 aromatic heterocycles. The number of rotatable bonds is 1. The average molecular weight is 181 g/mol. The van der Waals surface area contributed by atoms with Gasteiger partial charge in [0.1, 0.15) is 0 Å². The Kier molecular flexibility index (Phi) is 1.34. The summed E-state index contributed by atoms with van der Waals surface area (Å²) < 4.78 is 0. The van der Waals surface area contributed by atoms with Crippen LogP contribution in [0.2, 0.25) is 0 Å². The summed E-state index contributed by atoms with van der Waals surface area (Å²) in [5.41, 5.74) is 2.62. The summed E-state index contributed by atoms with van der Waals surface area (Å²) in [6.07, 6.45) is 4.59. The third-order valence-electron chi connectivity index (χ3n) is 2.51. The maximum absolute atomic E-state index is 10.8. The fourth-order valence-corrected chi connectivity index (χ4v) is 1.88. The number of benzene rings is 1. The molecule has 0 saturated carbocycles. The van der Waals surface area contributed by atoms with E-state index in [1.54, 1.807) is 0 Å². The highest BCUT2D eigenvalue weighted by molar-refractivity contribution is 6.01. The highest BCUT2D eigenvalue weighted by Crippen LogP contribution is 2.26. The van der Waals surface area contributed by atoms with E-state index in [4.69, 9.17) is 0 Å². The van der Waals surface area contributed by atoms with Crippen molar-refractivity contribution in [1.82, 2.24) is 0 Å². The minimum atomic E-state index is 0.730. The number of fused-ring (bicyclic) bond motifs is 2. The van der Waals surface area contributed by atoms with Gasteiger partial charge in [-0.1, -0.05) is 18.2 Å². The predicted octanol–water partition coefficient (Wildman–Crippen LogP) is 0.493. The number of hydrogen-bond donors (Lipinski definition) is 0. The van der Waals surface area contributed by atoms with Crippen molar-refractivity contribution in [3.05, 3.63) is 58.3 Å². The largest absolute Gasteiger partial charge is 0.298 e. The predicted molar refractivity (Wildman–Crippen MR) is 52.9 cm³/mol. The van der Waals surface area contributed by atoms with E-state index in [0.29, 0.717) is 0 Å². The molecule has 0 amide bonds. The van der Waals surface area contributed by atoms with Crippen LogP contribution >= 0.6 is 0 Å². The van der Waals surface area contributed by atoms with Crippen LogP contribution in [-0.2, 0) is 4.79 Å². The van der Waals surface area contributed by atoms with Crippen molar-refractivity contribution in [1.29, 1.82) is 0 Å². The highest BCUT2D eigenvalue weighted by Gasteiger charge is 2.19. The van der Waals surface area contributed by atoms with Gasteiger partial charge < -0.3 is 0 Å². The van der Waals surface area contributed by atoms with Gasteiger partial charge in [0.05, 0.1) is 11.1 Å². The van der Waals surface area contributed by atoms with Crippen molar-refractivity contribution in [3.8, 4) is 0 Å². The first-order valence-corrected chi connectivity index (χ1v) is 4.46. The Morgan fingerprint density at radius 3 is 2.86 bits per heavy atom. The molecule has 0 bridgehead atoms. The van der Waals surface area contributed by atoms with Crippen LogP contribution in [0.15, 0.2) is 52.7 Å². The average Bonchev–Trinajstić information content (AvgIpc) is 2.75. The second-order valence-corrected chi connectivity index (χ2v) is 3.30. The van der Waals surface area contributed by atoms with Crippen molar-refractivity contribution in [3.63, 3.8) is 0 Å². The zero-order chi connectivity index (χ0) is 9.54. The molecule has 1 aliphatic carbocycles. The Hall–Kier alpha value is -1.96. The Morgan fingerprint density at radius 2 is 2.00 bits per heavy atom.